The van der Waals surface area contributed by atoms with E-state index in [-0.39, 0.29) is 37.7 Å². The highest BCUT2D eigenvalue weighted by Crippen LogP contribution is 2.09. The van der Waals surface area contributed by atoms with Crippen LogP contribution < -0.4 is 38.9 Å². The summed E-state index contributed by atoms with van der Waals surface area (Å²) in [7, 11) is 0. The summed E-state index contributed by atoms with van der Waals surface area (Å²) < 4.78 is 0. The smallest absolute Gasteiger partial charge is 0.326 e. The van der Waals surface area contributed by atoms with Crippen molar-refractivity contribution < 1.29 is 24.3 Å². The molecule has 0 radical (unpaired) electrons. The number of nitrogens with two attached hydrogens (primary N) is 4. The second-order valence-electron chi connectivity index (χ2n) is 8.95. The molecule has 0 saturated heterocycles. The van der Waals surface area contributed by atoms with Gasteiger partial charge in [-0.05, 0) is 63.0 Å². The van der Waals surface area contributed by atoms with Gasteiger partial charge in [-0.15, -0.1) is 0 Å². The molecule has 0 heterocycles. The fourth-order valence-corrected chi connectivity index (χ4v) is 3.82. The maximum absolute atomic E-state index is 13.2. The van der Waals surface area contributed by atoms with Crippen molar-refractivity contribution in [3.8, 4) is 0 Å². The van der Waals surface area contributed by atoms with E-state index in [9.17, 15) is 24.3 Å². The highest BCUT2D eigenvalue weighted by molar-refractivity contribution is 7.98. The molecular formula is C23H46N8O5S. The fourth-order valence-electron chi connectivity index (χ4n) is 3.35. The molecule has 0 bridgehead atoms. The number of aliphatic imine (C=N–C) groups is 1. The van der Waals surface area contributed by atoms with E-state index in [2.05, 4.69) is 20.9 Å². The summed E-state index contributed by atoms with van der Waals surface area (Å²) >= 11 is 1.46. The third kappa shape index (κ3) is 14.7. The van der Waals surface area contributed by atoms with Crippen LogP contribution in [0, 0.1) is 5.92 Å². The predicted molar refractivity (Wildman–Crippen MR) is 147 cm³/mol. The number of hydrogen-bond donors (Lipinski definition) is 8. The largest absolute Gasteiger partial charge is 0.480 e. The summed E-state index contributed by atoms with van der Waals surface area (Å²) in [6.07, 6.45) is 4.76. The van der Waals surface area contributed by atoms with E-state index in [1.165, 1.54) is 11.8 Å². The summed E-state index contributed by atoms with van der Waals surface area (Å²) in [4.78, 5) is 54.4. The number of unbranched alkanes of at least 4 members (excludes halogenated alkanes) is 1. The number of carbonyl (C=O) groups is 4. The predicted octanol–water partition coefficient (Wildman–Crippen LogP) is -1.17. The van der Waals surface area contributed by atoms with Crippen molar-refractivity contribution in [1.29, 1.82) is 0 Å². The number of aliphatic carboxylic acids is 1. The maximum Gasteiger partial charge on any atom is 0.326 e. The van der Waals surface area contributed by atoms with Gasteiger partial charge in [0.1, 0.15) is 18.1 Å². The lowest BCUT2D eigenvalue weighted by atomic mass is 9.98. The standard InChI is InChI=1S/C23H46N8O5S/c1-4-14(2)18(25)21(34)30-16(9-7-12-28-23(26)27)19(32)29-15(8-5-6-11-24)20(33)31-17(22(35)36)10-13-37-3/h14-18H,4-13,24-25H2,1-3H3,(H,29,32)(H,30,34)(H,31,33)(H,35,36)(H4,26,27,28). The van der Waals surface area contributed by atoms with Gasteiger partial charge in [-0.25, -0.2) is 4.79 Å². The number of carboxylic acids is 1. The first kappa shape index (κ1) is 34.4. The number of amides is 3. The van der Waals surface area contributed by atoms with Gasteiger partial charge in [0.2, 0.25) is 17.7 Å². The third-order valence-corrected chi connectivity index (χ3v) is 6.59. The lowest BCUT2D eigenvalue weighted by molar-refractivity contribution is -0.142. The van der Waals surface area contributed by atoms with Gasteiger partial charge < -0.3 is 44.0 Å². The Hall–Kier alpha value is -2.58. The number of thioether (sulfide) groups is 1. The fraction of sp³-hybridized carbons (Fsp3) is 0.783. The molecule has 37 heavy (non-hydrogen) atoms. The van der Waals surface area contributed by atoms with Crippen LogP contribution in [0.25, 0.3) is 0 Å². The van der Waals surface area contributed by atoms with Gasteiger partial charge in [0.15, 0.2) is 5.96 Å². The topological polar surface area (TPSA) is 241 Å². The van der Waals surface area contributed by atoms with Crippen molar-refractivity contribution in [3.05, 3.63) is 0 Å². The summed E-state index contributed by atoms with van der Waals surface area (Å²) in [6, 6.07) is -3.89. The third-order valence-electron chi connectivity index (χ3n) is 5.94. The van der Waals surface area contributed by atoms with Gasteiger partial charge >= 0.3 is 5.97 Å². The van der Waals surface area contributed by atoms with Crippen LogP contribution in [0.5, 0.6) is 0 Å². The lowest BCUT2D eigenvalue weighted by Gasteiger charge is -2.26. The Morgan fingerprint density at radius 2 is 1.43 bits per heavy atom. The number of hydrogen-bond acceptors (Lipinski definition) is 8. The number of rotatable bonds is 20. The van der Waals surface area contributed by atoms with Crippen molar-refractivity contribution in [1.82, 2.24) is 16.0 Å². The van der Waals surface area contributed by atoms with E-state index in [1.807, 2.05) is 20.1 Å². The molecule has 0 rings (SSSR count). The molecule has 0 aromatic carbocycles. The van der Waals surface area contributed by atoms with Crippen LogP contribution in [0.1, 0.15) is 58.8 Å². The van der Waals surface area contributed by atoms with Gasteiger partial charge in [0.25, 0.3) is 0 Å². The molecule has 13 nitrogen and oxygen atoms in total. The first-order valence-corrected chi connectivity index (χ1v) is 14.0. The lowest BCUT2D eigenvalue weighted by Crippen LogP contribution is -2.57. The van der Waals surface area contributed by atoms with Crippen molar-refractivity contribution in [2.45, 2.75) is 83.0 Å². The number of guanidine groups is 1. The average molecular weight is 547 g/mol. The number of carboxylic acid groups (broad SMARTS) is 1. The van der Waals surface area contributed by atoms with Gasteiger partial charge in [0, 0.05) is 6.54 Å². The quantitative estimate of drug-likeness (QED) is 0.0517. The molecule has 214 valence electrons. The molecule has 3 amide bonds. The molecule has 0 aliphatic carbocycles. The van der Waals surface area contributed by atoms with E-state index in [1.54, 1.807) is 0 Å². The zero-order valence-corrected chi connectivity index (χ0v) is 23.0. The molecule has 0 saturated carbocycles. The summed E-state index contributed by atoms with van der Waals surface area (Å²) in [5.74, 6) is -2.48. The van der Waals surface area contributed by atoms with Crippen LogP contribution in [0.15, 0.2) is 4.99 Å². The van der Waals surface area contributed by atoms with Gasteiger partial charge in [0.05, 0.1) is 6.04 Å². The SMILES string of the molecule is CCC(C)C(N)C(=O)NC(CCCN=C(N)N)C(=O)NC(CCCCN)C(=O)NC(CCSC)C(=O)O. The minimum absolute atomic E-state index is 0.0880. The van der Waals surface area contributed by atoms with Crippen LogP contribution in [0.4, 0.5) is 0 Å². The van der Waals surface area contributed by atoms with Gasteiger partial charge in [-0.1, -0.05) is 20.3 Å². The highest BCUT2D eigenvalue weighted by Gasteiger charge is 2.30. The molecule has 0 spiro atoms. The zero-order valence-electron chi connectivity index (χ0n) is 22.2. The van der Waals surface area contributed by atoms with Crippen LogP contribution in [-0.2, 0) is 19.2 Å². The van der Waals surface area contributed by atoms with Gasteiger partial charge in [-0.3, -0.25) is 19.4 Å². The molecule has 0 aromatic rings. The molecular weight excluding hydrogens is 500 g/mol. The molecule has 0 aliphatic heterocycles. The second-order valence-corrected chi connectivity index (χ2v) is 9.93. The minimum atomic E-state index is -1.15. The molecule has 0 aromatic heterocycles. The molecule has 5 atom stereocenters. The van der Waals surface area contributed by atoms with E-state index < -0.39 is 47.9 Å². The molecule has 5 unspecified atom stereocenters. The monoisotopic (exact) mass is 546 g/mol. The Morgan fingerprint density at radius 3 is 1.92 bits per heavy atom. The van der Waals surface area contributed by atoms with Crippen molar-refractivity contribution in [2.24, 2.45) is 33.8 Å². The van der Waals surface area contributed by atoms with Crippen molar-refractivity contribution in [2.75, 3.05) is 25.1 Å². The van der Waals surface area contributed by atoms with Crippen LogP contribution in [0.2, 0.25) is 0 Å². The second kappa shape index (κ2) is 19.5. The van der Waals surface area contributed by atoms with Crippen molar-refractivity contribution >= 4 is 41.4 Å². The van der Waals surface area contributed by atoms with Crippen molar-refractivity contribution in [3.63, 3.8) is 0 Å². The number of nitrogens with one attached hydrogen (secondary N) is 3. The van der Waals surface area contributed by atoms with E-state index in [0.29, 0.717) is 38.0 Å². The summed E-state index contributed by atoms with van der Waals surface area (Å²) in [5, 5.41) is 17.4. The zero-order chi connectivity index (χ0) is 28.4. The first-order valence-electron chi connectivity index (χ1n) is 12.6. The first-order chi connectivity index (χ1) is 17.5. The van der Waals surface area contributed by atoms with E-state index >= 15 is 0 Å². The molecule has 12 N–H and O–H groups in total. The van der Waals surface area contributed by atoms with Crippen LogP contribution in [-0.4, -0.2) is 84.0 Å². The Morgan fingerprint density at radius 1 is 0.892 bits per heavy atom. The van der Waals surface area contributed by atoms with E-state index in [4.69, 9.17) is 22.9 Å². The summed E-state index contributed by atoms with van der Waals surface area (Å²) in [5.41, 5.74) is 22.3. The maximum atomic E-state index is 13.2. The minimum Gasteiger partial charge on any atom is -0.480 e. The van der Waals surface area contributed by atoms with Gasteiger partial charge in [-0.2, -0.15) is 11.8 Å². The Labute approximate surface area is 223 Å². The Balaban J connectivity index is 5.63. The normalized spacial score (nSPS) is 14.9. The number of carbonyl (C=O) groups excluding carboxylic acids is 3. The number of nitrogens with zero attached hydrogens (tertiary/aromatic N) is 1. The average Bonchev–Trinajstić information content (AvgIpc) is 2.85. The highest BCUT2D eigenvalue weighted by atomic mass is 32.2. The van der Waals surface area contributed by atoms with E-state index in [0.717, 1.165) is 0 Å². The molecule has 0 aliphatic rings. The summed E-state index contributed by atoms with van der Waals surface area (Å²) in [6.45, 7) is 4.40. The molecule has 14 heteroatoms. The van der Waals surface area contributed by atoms with Crippen LogP contribution >= 0.6 is 11.8 Å². The van der Waals surface area contributed by atoms with Crippen LogP contribution in [0.3, 0.4) is 0 Å². The molecule has 0 fully saturated rings. The Kier molecular flexibility index (Phi) is 18.2. The Bertz CT molecular complexity index is 751.